The lowest BCUT2D eigenvalue weighted by atomic mass is 9.82. The summed E-state index contributed by atoms with van der Waals surface area (Å²) >= 11 is 0. The number of fused-ring (bicyclic) bond motifs is 6. The summed E-state index contributed by atoms with van der Waals surface area (Å²) < 4.78 is 43.6. The highest BCUT2D eigenvalue weighted by molar-refractivity contribution is 6.10. The topological polar surface area (TPSA) is 9.23 Å². The molecule has 0 unspecified atom stereocenters. The van der Waals surface area contributed by atoms with Crippen LogP contribution in [0.25, 0.3) is 77.2 Å². The largest absolute Gasteiger partial charge is 0.456 e. The Morgan fingerprint density at radius 1 is 0.438 bits per heavy atom. The standard InChI is InChI=1S/C47H32O/c1-47(2)42-14-7-6-11-37(42)41-26-33-20-19-32(25-35(33)27-43(41)47)30-15-17-31(18-16-30)36-23-24-44-46-39(36)12-8-13-40(46)38-22-21-34(28-45(38)48-44)29-9-4-3-5-10-29/h3-28H,1-2H3/i15D,16D,17D,18D. The van der Waals surface area contributed by atoms with Crippen molar-refractivity contribution in [3.05, 3.63) is 169 Å². The molecule has 2 aliphatic rings. The zero-order chi connectivity index (χ0) is 35.5. The van der Waals surface area contributed by atoms with Gasteiger partial charge in [0, 0.05) is 16.4 Å². The van der Waals surface area contributed by atoms with Crippen LogP contribution in [0.4, 0.5) is 0 Å². The minimum atomic E-state index is -0.154. The van der Waals surface area contributed by atoms with Gasteiger partial charge in [-0.1, -0.05) is 135 Å². The zero-order valence-corrected chi connectivity index (χ0v) is 26.6. The highest BCUT2D eigenvalue weighted by Gasteiger charge is 2.35. The van der Waals surface area contributed by atoms with Crippen LogP contribution in [0, 0.1) is 0 Å². The molecule has 226 valence electrons. The molecule has 1 aliphatic heterocycles. The molecule has 0 amide bonds. The first kappa shape index (κ1) is 23.4. The molecular weight excluding hydrogens is 581 g/mol. The van der Waals surface area contributed by atoms with Crippen LogP contribution in [0.2, 0.25) is 0 Å². The van der Waals surface area contributed by atoms with Crippen LogP contribution in [0.3, 0.4) is 0 Å². The van der Waals surface area contributed by atoms with E-state index in [4.69, 9.17) is 4.74 Å². The molecule has 1 nitrogen and oxygen atoms in total. The molecule has 8 aromatic carbocycles. The van der Waals surface area contributed by atoms with E-state index < -0.39 is 0 Å². The van der Waals surface area contributed by atoms with E-state index in [0.29, 0.717) is 22.4 Å². The Hall–Kier alpha value is -5.92. The molecule has 10 rings (SSSR count). The van der Waals surface area contributed by atoms with E-state index in [-0.39, 0.29) is 35.1 Å². The lowest BCUT2D eigenvalue weighted by Gasteiger charge is -2.23. The van der Waals surface area contributed by atoms with Gasteiger partial charge in [-0.25, -0.2) is 0 Å². The molecule has 0 saturated heterocycles. The van der Waals surface area contributed by atoms with Gasteiger partial charge < -0.3 is 4.74 Å². The number of rotatable bonds is 3. The first-order valence-electron chi connectivity index (χ1n) is 18.4. The lowest BCUT2D eigenvalue weighted by Crippen LogP contribution is -2.14. The van der Waals surface area contributed by atoms with Gasteiger partial charge in [-0.15, -0.1) is 0 Å². The highest BCUT2D eigenvalue weighted by Crippen LogP contribution is 2.51. The summed E-state index contributed by atoms with van der Waals surface area (Å²) in [6, 6.07) is 45.1. The first-order chi connectivity index (χ1) is 25.2. The Morgan fingerprint density at radius 3 is 2.04 bits per heavy atom. The third-order valence-corrected chi connectivity index (χ3v) is 10.3. The second-order valence-corrected chi connectivity index (χ2v) is 13.4. The molecule has 0 aromatic heterocycles. The monoisotopic (exact) mass is 616 g/mol. The van der Waals surface area contributed by atoms with E-state index in [9.17, 15) is 5.48 Å². The van der Waals surface area contributed by atoms with Crippen LogP contribution in [0.1, 0.15) is 30.5 Å². The normalized spacial score (nSPS) is 14.7. The molecule has 0 radical (unpaired) electrons. The van der Waals surface area contributed by atoms with E-state index in [0.717, 1.165) is 49.5 Å². The summed E-state index contributed by atoms with van der Waals surface area (Å²) in [7, 11) is 0. The fourth-order valence-electron chi connectivity index (χ4n) is 7.85. The van der Waals surface area contributed by atoms with E-state index >= 15 is 0 Å². The Morgan fingerprint density at radius 2 is 1.17 bits per heavy atom. The minimum absolute atomic E-state index is 0.0558. The van der Waals surface area contributed by atoms with Crippen molar-refractivity contribution in [2.75, 3.05) is 0 Å². The van der Waals surface area contributed by atoms with Gasteiger partial charge in [0.2, 0.25) is 0 Å². The fraction of sp³-hybridized carbons (Fsp3) is 0.0638. The second-order valence-electron chi connectivity index (χ2n) is 13.4. The maximum atomic E-state index is 9.29. The number of hydrogen-bond acceptors (Lipinski definition) is 1. The SMILES string of the molecule is [2H]c1c([2H])c(-c2ccc3c4c(cccc24)-c2ccc(-c4ccccc4)cc2O3)c([2H])c([2H])c1-c1ccc2cc3c(cc2c1)C(C)(C)c1ccccc1-3. The van der Waals surface area contributed by atoms with Gasteiger partial charge in [-0.05, 0) is 114 Å². The second kappa shape index (κ2) is 10.0. The van der Waals surface area contributed by atoms with Gasteiger partial charge in [0.1, 0.15) is 11.5 Å². The van der Waals surface area contributed by atoms with E-state index in [1.807, 2.05) is 60.7 Å². The van der Waals surface area contributed by atoms with Crippen molar-refractivity contribution in [1.29, 1.82) is 0 Å². The molecule has 0 bridgehead atoms. The molecule has 48 heavy (non-hydrogen) atoms. The fourth-order valence-corrected chi connectivity index (χ4v) is 7.85. The van der Waals surface area contributed by atoms with Crippen LogP contribution in [0.5, 0.6) is 11.5 Å². The van der Waals surface area contributed by atoms with Gasteiger partial charge in [0.15, 0.2) is 0 Å². The van der Waals surface area contributed by atoms with Gasteiger partial charge in [0.25, 0.3) is 0 Å². The maximum absolute atomic E-state index is 9.29. The summed E-state index contributed by atoms with van der Waals surface area (Å²) in [6.45, 7) is 4.51. The van der Waals surface area contributed by atoms with Gasteiger partial charge >= 0.3 is 0 Å². The van der Waals surface area contributed by atoms with Crippen molar-refractivity contribution in [1.82, 2.24) is 0 Å². The molecule has 1 heterocycles. The van der Waals surface area contributed by atoms with Crippen molar-refractivity contribution < 1.29 is 10.2 Å². The highest BCUT2D eigenvalue weighted by atomic mass is 16.5. The summed E-state index contributed by atoms with van der Waals surface area (Å²) in [5.74, 6) is 1.48. The molecule has 1 aliphatic carbocycles. The number of hydrogen-bond donors (Lipinski definition) is 0. The summed E-state index contributed by atoms with van der Waals surface area (Å²) in [6.07, 6.45) is 0. The average Bonchev–Trinajstić information content (AvgIpc) is 3.39. The van der Waals surface area contributed by atoms with Crippen LogP contribution in [-0.2, 0) is 5.41 Å². The van der Waals surface area contributed by atoms with E-state index in [2.05, 4.69) is 86.6 Å². The smallest absolute Gasteiger partial charge is 0.135 e. The number of ether oxygens (including phenoxy) is 1. The zero-order valence-electron chi connectivity index (χ0n) is 30.6. The molecule has 0 spiro atoms. The van der Waals surface area contributed by atoms with Gasteiger partial charge in [-0.2, -0.15) is 0 Å². The Kier molecular flexibility index (Phi) is 4.90. The molecule has 0 fully saturated rings. The Balaban J connectivity index is 1.09. The molecule has 0 atom stereocenters. The molecule has 0 N–H and O–H groups in total. The van der Waals surface area contributed by atoms with E-state index in [1.54, 1.807) is 0 Å². The summed E-state index contributed by atoms with van der Waals surface area (Å²) in [5, 5.41) is 3.81. The van der Waals surface area contributed by atoms with Crippen LogP contribution < -0.4 is 4.74 Å². The van der Waals surface area contributed by atoms with E-state index in [1.165, 1.54) is 22.3 Å². The lowest BCUT2D eigenvalue weighted by molar-refractivity contribution is 0.487. The predicted molar refractivity (Wildman–Crippen MR) is 201 cm³/mol. The van der Waals surface area contributed by atoms with Crippen molar-refractivity contribution in [2.45, 2.75) is 19.3 Å². The maximum Gasteiger partial charge on any atom is 0.135 e. The molecule has 0 saturated carbocycles. The molecular formula is C47H32O. The van der Waals surface area contributed by atoms with Gasteiger partial charge in [-0.3, -0.25) is 0 Å². The number of benzene rings is 8. The predicted octanol–water partition coefficient (Wildman–Crippen LogP) is 13.1. The quantitative estimate of drug-likeness (QED) is 0.192. The summed E-state index contributed by atoms with van der Waals surface area (Å²) in [4.78, 5) is 0. The van der Waals surface area contributed by atoms with Crippen molar-refractivity contribution in [3.8, 4) is 67.1 Å². The van der Waals surface area contributed by atoms with Gasteiger partial charge in [0.05, 0.1) is 5.48 Å². The van der Waals surface area contributed by atoms with Crippen LogP contribution in [0.15, 0.2) is 158 Å². The third kappa shape index (κ3) is 3.98. The van der Waals surface area contributed by atoms with Crippen LogP contribution in [-0.4, -0.2) is 0 Å². The Bertz CT molecular complexity index is 2810. The first-order valence-corrected chi connectivity index (χ1v) is 16.4. The van der Waals surface area contributed by atoms with Crippen molar-refractivity contribution in [3.63, 3.8) is 0 Å². The third-order valence-electron chi connectivity index (χ3n) is 10.3. The van der Waals surface area contributed by atoms with Crippen molar-refractivity contribution in [2.24, 2.45) is 0 Å². The average molecular weight is 617 g/mol. The summed E-state index contributed by atoms with van der Waals surface area (Å²) in [5.41, 5.74) is 11.0. The molecule has 8 aromatic rings. The Labute approximate surface area is 286 Å². The minimum Gasteiger partial charge on any atom is -0.456 e. The molecule has 1 heteroatoms. The van der Waals surface area contributed by atoms with Crippen molar-refractivity contribution >= 4 is 21.5 Å². The van der Waals surface area contributed by atoms with Crippen LogP contribution >= 0.6 is 0 Å².